The van der Waals surface area contributed by atoms with Crippen molar-refractivity contribution >= 4 is 26.4 Å². The van der Waals surface area contributed by atoms with Crippen LogP contribution in [0.2, 0.25) is 0 Å². The molecular formula is C8H7BrFNO. The lowest BCUT2D eigenvalue weighted by Gasteiger charge is -2.13. The molecule has 64 valence electrons. The maximum Gasteiger partial charge on any atom is 0.293 e. The highest BCUT2D eigenvalue weighted by atomic mass is 79.9. The molecule has 0 aromatic heterocycles. The van der Waals surface area contributed by atoms with Gasteiger partial charge in [-0.15, -0.1) is 0 Å². The van der Waals surface area contributed by atoms with E-state index in [9.17, 15) is 9.18 Å². The van der Waals surface area contributed by atoms with Gasteiger partial charge in [0.05, 0.1) is 5.69 Å². The molecule has 1 aromatic rings. The van der Waals surface area contributed by atoms with Crippen LogP contribution in [-0.4, -0.2) is 11.9 Å². The summed E-state index contributed by atoms with van der Waals surface area (Å²) in [6.45, 7) is 0. The van der Waals surface area contributed by atoms with Gasteiger partial charge in [0.25, 0.3) is 4.82 Å². The number of halogens is 2. The summed E-state index contributed by atoms with van der Waals surface area (Å²) in [6.07, 6.45) is 0. The highest BCUT2D eigenvalue weighted by Crippen LogP contribution is 2.18. The van der Waals surface area contributed by atoms with E-state index in [1.165, 1.54) is 24.1 Å². The van der Waals surface area contributed by atoms with E-state index in [4.69, 9.17) is 0 Å². The fraction of sp³-hybridized carbons (Fsp3) is 0.125. The van der Waals surface area contributed by atoms with Crippen LogP contribution in [-0.2, 0) is 0 Å². The SMILES string of the molecule is CN(C(=O)Br)c1ccccc1F. The Morgan fingerprint density at radius 1 is 1.50 bits per heavy atom. The largest absolute Gasteiger partial charge is 0.303 e. The van der Waals surface area contributed by atoms with E-state index in [0.29, 0.717) is 0 Å². The zero-order chi connectivity index (χ0) is 9.14. The van der Waals surface area contributed by atoms with Crippen molar-refractivity contribution in [1.82, 2.24) is 0 Å². The minimum Gasteiger partial charge on any atom is -0.303 e. The van der Waals surface area contributed by atoms with Crippen LogP contribution in [0.3, 0.4) is 0 Å². The number of anilines is 1. The van der Waals surface area contributed by atoms with E-state index in [1.807, 2.05) is 0 Å². The second kappa shape index (κ2) is 3.67. The van der Waals surface area contributed by atoms with Crippen LogP contribution in [0.1, 0.15) is 0 Å². The standard InChI is InChI=1S/C8H7BrFNO/c1-11(8(9)12)7-5-3-2-4-6(7)10/h2-5H,1H3. The molecular weight excluding hydrogens is 225 g/mol. The molecule has 1 rings (SSSR count). The molecule has 0 aliphatic rings. The van der Waals surface area contributed by atoms with Crippen molar-refractivity contribution in [2.24, 2.45) is 0 Å². The van der Waals surface area contributed by atoms with E-state index >= 15 is 0 Å². The summed E-state index contributed by atoms with van der Waals surface area (Å²) in [5.41, 5.74) is 0.263. The monoisotopic (exact) mass is 231 g/mol. The van der Waals surface area contributed by atoms with E-state index in [0.717, 1.165) is 0 Å². The average Bonchev–Trinajstić information content (AvgIpc) is 2.04. The second-order valence-electron chi connectivity index (χ2n) is 2.26. The normalized spacial score (nSPS) is 9.58. The predicted molar refractivity (Wildman–Crippen MR) is 49.1 cm³/mol. The molecule has 0 fully saturated rings. The average molecular weight is 232 g/mol. The first-order valence-corrected chi connectivity index (χ1v) is 4.10. The van der Waals surface area contributed by atoms with Gasteiger partial charge in [-0.1, -0.05) is 12.1 Å². The van der Waals surface area contributed by atoms with Gasteiger partial charge in [0, 0.05) is 23.0 Å². The molecule has 0 bridgehead atoms. The molecule has 0 atom stereocenters. The van der Waals surface area contributed by atoms with Crippen molar-refractivity contribution in [1.29, 1.82) is 0 Å². The van der Waals surface area contributed by atoms with E-state index in [-0.39, 0.29) is 10.5 Å². The molecule has 0 spiro atoms. The summed E-state index contributed by atoms with van der Waals surface area (Å²) >= 11 is 2.73. The summed E-state index contributed by atoms with van der Waals surface area (Å²) in [5.74, 6) is -0.409. The van der Waals surface area contributed by atoms with Crippen LogP contribution in [0, 0.1) is 5.82 Å². The molecule has 1 aromatic carbocycles. The van der Waals surface area contributed by atoms with E-state index in [2.05, 4.69) is 15.9 Å². The molecule has 0 radical (unpaired) electrons. The molecule has 4 heteroatoms. The topological polar surface area (TPSA) is 20.3 Å². The molecule has 2 nitrogen and oxygen atoms in total. The van der Waals surface area contributed by atoms with Crippen molar-refractivity contribution in [3.8, 4) is 0 Å². The smallest absolute Gasteiger partial charge is 0.293 e. The molecule has 0 unspecified atom stereocenters. The first-order valence-electron chi connectivity index (χ1n) is 3.30. The van der Waals surface area contributed by atoms with Gasteiger partial charge >= 0.3 is 0 Å². The molecule has 0 saturated heterocycles. The Kier molecular flexibility index (Phi) is 2.81. The maximum absolute atomic E-state index is 13.0. The lowest BCUT2D eigenvalue weighted by atomic mass is 10.3. The Labute approximate surface area is 78.1 Å². The molecule has 0 aliphatic carbocycles. The first-order chi connectivity index (χ1) is 5.63. The third-order valence-electron chi connectivity index (χ3n) is 1.48. The Hall–Kier alpha value is -0.900. The molecule has 0 aliphatic heterocycles. The van der Waals surface area contributed by atoms with Crippen LogP contribution < -0.4 is 4.90 Å². The summed E-state index contributed by atoms with van der Waals surface area (Å²) in [4.78, 5) is 11.6. The fourth-order valence-electron chi connectivity index (χ4n) is 0.818. The number of rotatable bonds is 1. The Morgan fingerprint density at radius 2 is 2.08 bits per heavy atom. The maximum atomic E-state index is 13.0. The summed E-state index contributed by atoms with van der Waals surface area (Å²) in [7, 11) is 1.50. The number of carbonyl (C=O) groups is 1. The third kappa shape index (κ3) is 1.82. The van der Waals surface area contributed by atoms with Gasteiger partial charge in [-0.05, 0) is 12.1 Å². The van der Waals surface area contributed by atoms with Crippen molar-refractivity contribution in [2.75, 3.05) is 11.9 Å². The lowest BCUT2D eigenvalue weighted by Crippen LogP contribution is -2.20. The number of para-hydroxylation sites is 1. The minimum absolute atomic E-state index is 0.263. The van der Waals surface area contributed by atoms with E-state index in [1.54, 1.807) is 12.1 Å². The van der Waals surface area contributed by atoms with Crippen LogP contribution in [0.25, 0.3) is 0 Å². The van der Waals surface area contributed by atoms with Crippen LogP contribution >= 0.6 is 15.9 Å². The van der Waals surface area contributed by atoms with Crippen molar-refractivity contribution in [3.05, 3.63) is 30.1 Å². The zero-order valence-electron chi connectivity index (χ0n) is 6.42. The van der Waals surface area contributed by atoms with Crippen LogP contribution in [0.5, 0.6) is 0 Å². The fourth-order valence-corrected chi connectivity index (χ4v) is 1.01. The minimum atomic E-state index is -0.409. The lowest BCUT2D eigenvalue weighted by molar-refractivity contribution is 0.267. The quantitative estimate of drug-likeness (QED) is 0.538. The number of hydrogen-bond donors (Lipinski definition) is 0. The number of amides is 1. The van der Waals surface area contributed by atoms with Crippen molar-refractivity contribution < 1.29 is 9.18 Å². The molecule has 1 amide bonds. The Morgan fingerprint density at radius 3 is 2.58 bits per heavy atom. The second-order valence-corrected chi connectivity index (χ2v) is 2.94. The van der Waals surface area contributed by atoms with Crippen LogP contribution in [0.15, 0.2) is 24.3 Å². The Bertz CT molecular complexity index is 303. The number of benzene rings is 1. The molecule has 0 heterocycles. The van der Waals surface area contributed by atoms with Gasteiger partial charge in [0.1, 0.15) is 5.82 Å². The first kappa shape index (κ1) is 9.19. The van der Waals surface area contributed by atoms with Crippen LogP contribution in [0.4, 0.5) is 14.9 Å². The highest BCUT2D eigenvalue weighted by molar-refractivity contribution is 9.18. The van der Waals surface area contributed by atoms with Gasteiger partial charge in [-0.2, -0.15) is 0 Å². The van der Waals surface area contributed by atoms with Gasteiger partial charge < -0.3 is 4.90 Å². The molecule has 0 saturated carbocycles. The van der Waals surface area contributed by atoms with E-state index < -0.39 is 5.82 Å². The van der Waals surface area contributed by atoms with Gasteiger partial charge in [0.2, 0.25) is 0 Å². The van der Waals surface area contributed by atoms with Gasteiger partial charge in [-0.25, -0.2) is 4.39 Å². The highest BCUT2D eigenvalue weighted by Gasteiger charge is 2.10. The molecule has 12 heavy (non-hydrogen) atoms. The predicted octanol–water partition coefficient (Wildman–Crippen LogP) is 2.78. The van der Waals surface area contributed by atoms with Crippen molar-refractivity contribution in [2.45, 2.75) is 0 Å². The van der Waals surface area contributed by atoms with Gasteiger partial charge in [-0.3, -0.25) is 4.79 Å². The number of carbonyl (C=O) groups excluding carboxylic acids is 1. The summed E-state index contributed by atoms with van der Waals surface area (Å²) < 4.78 is 13.0. The number of hydrogen-bond acceptors (Lipinski definition) is 1. The summed E-state index contributed by atoms with van der Waals surface area (Å²) in [5, 5.41) is 0. The van der Waals surface area contributed by atoms with Gasteiger partial charge in [0.15, 0.2) is 0 Å². The zero-order valence-corrected chi connectivity index (χ0v) is 8.01. The molecule has 0 N–H and O–H groups in total. The number of nitrogens with zero attached hydrogens (tertiary/aromatic N) is 1. The third-order valence-corrected chi connectivity index (χ3v) is 2.01. The Balaban J connectivity index is 3.02. The van der Waals surface area contributed by atoms with Crippen molar-refractivity contribution in [3.63, 3.8) is 0 Å². The summed E-state index contributed by atoms with van der Waals surface area (Å²) in [6, 6.07) is 6.09.